The van der Waals surface area contributed by atoms with E-state index in [0.29, 0.717) is 23.9 Å². The molecule has 0 unspecified atom stereocenters. The number of aromatic amines is 1. The molecule has 1 aromatic heterocycles. The fraction of sp³-hybridized carbons (Fsp3) is 0.545. The molecule has 3 N–H and O–H groups in total. The Hall–Kier alpha value is -1.45. The van der Waals surface area contributed by atoms with E-state index >= 15 is 0 Å². The molecular formula is C11H16N2O2. The third-order valence-corrected chi connectivity index (χ3v) is 2.85. The number of nitrogens with two attached hydrogens (primary N) is 1. The number of esters is 1. The number of ether oxygens (including phenoxy) is 1. The number of nitrogens with one attached hydrogen (secondary N) is 1. The van der Waals surface area contributed by atoms with Gasteiger partial charge in [-0.3, -0.25) is 0 Å². The van der Waals surface area contributed by atoms with Crippen LogP contribution in [0.4, 0.5) is 5.69 Å². The van der Waals surface area contributed by atoms with Crippen LogP contribution in [-0.4, -0.2) is 17.6 Å². The van der Waals surface area contributed by atoms with Crippen molar-refractivity contribution in [2.24, 2.45) is 5.92 Å². The van der Waals surface area contributed by atoms with Gasteiger partial charge in [0.2, 0.25) is 0 Å². The summed E-state index contributed by atoms with van der Waals surface area (Å²) in [4.78, 5) is 14.3. The van der Waals surface area contributed by atoms with Crippen molar-refractivity contribution in [3.05, 3.63) is 18.0 Å². The van der Waals surface area contributed by atoms with Crippen molar-refractivity contribution in [1.29, 1.82) is 0 Å². The van der Waals surface area contributed by atoms with Crippen LogP contribution in [0.5, 0.6) is 0 Å². The third-order valence-electron chi connectivity index (χ3n) is 2.85. The number of anilines is 1. The maximum Gasteiger partial charge on any atom is 0.354 e. The van der Waals surface area contributed by atoms with Gasteiger partial charge in [-0.15, -0.1) is 0 Å². The summed E-state index contributed by atoms with van der Waals surface area (Å²) in [7, 11) is 0. The fourth-order valence-corrected chi connectivity index (χ4v) is 1.98. The Morgan fingerprint density at radius 1 is 1.53 bits per heavy atom. The normalized spacial score (nSPS) is 16.8. The summed E-state index contributed by atoms with van der Waals surface area (Å²) in [5.74, 6) is 0.250. The molecule has 0 radical (unpaired) electrons. The average molecular weight is 208 g/mol. The predicted octanol–water partition coefficient (Wildman–Crippen LogP) is 1.94. The smallest absolute Gasteiger partial charge is 0.354 e. The summed E-state index contributed by atoms with van der Waals surface area (Å²) in [6.07, 6.45) is 6.47. The molecule has 15 heavy (non-hydrogen) atoms. The molecule has 1 saturated carbocycles. The van der Waals surface area contributed by atoms with Gasteiger partial charge in [-0.2, -0.15) is 0 Å². The molecule has 1 aliphatic carbocycles. The van der Waals surface area contributed by atoms with E-state index in [1.165, 1.54) is 25.7 Å². The first-order valence-electron chi connectivity index (χ1n) is 5.37. The van der Waals surface area contributed by atoms with Gasteiger partial charge in [0, 0.05) is 6.20 Å². The number of hydrogen-bond acceptors (Lipinski definition) is 3. The number of carbonyl (C=O) groups is 1. The van der Waals surface area contributed by atoms with Gasteiger partial charge in [-0.25, -0.2) is 4.79 Å². The summed E-state index contributed by atoms with van der Waals surface area (Å²) in [6.45, 7) is 0.539. The highest BCUT2D eigenvalue weighted by atomic mass is 16.5. The highest BCUT2D eigenvalue weighted by molar-refractivity contribution is 5.88. The van der Waals surface area contributed by atoms with E-state index in [0.717, 1.165) is 0 Å². The van der Waals surface area contributed by atoms with Crippen LogP contribution in [0.2, 0.25) is 0 Å². The molecule has 0 amide bonds. The standard InChI is InChI=1S/C11H16N2O2/c12-9-5-10(13-6-9)11(14)15-7-8-3-1-2-4-8/h5-6,8,13H,1-4,7,12H2. The number of carbonyl (C=O) groups excluding carboxylic acids is 1. The van der Waals surface area contributed by atoms with Gasteiger partial charge in [0.05, 0.1) is 12.3 Å². The van der Waals surface area contributed by atoms with E-state index in [4.69, 9.17) is 10.5 Å². The fourth-order valence-electron chi connectivity index (χ4n) is 1.98. The number of aromatic nitrogens is 1. The van der Waals surface area contributed by atoms with Gasteiger partial charge in [-0.1, -0.05) is 12.8 Å². The molecule has 4 heteroatoms. The van der Waals surface area contributed by atoms with Gasteiger partial charge < -0.3 is 15.5 Å². The van der Waals surface area contributed by atoms with Gasteiger partial charge in [0.1, 0.15) is 5.69 Å². The SMILES string of the molecule is Nc1c[nH]c(C(=O)OCC2CCCC2)c1. The van der Waals surface area contributed by atoms with Crippen LogP contribution in [0.1, 0.15) is 36.2 Å². The van der Waals surface area contributed by atoms with Crippen LogP contribution in [0.3, 0.4) is 0 Å². The van der Waals surface area contributed by atoms with Gasteiger partial charge in [0.25, 0.3) is 0 Å². The van der Waals surface area contributed by atoms with Crippen LogP contribution in [-0.2, 0) is 4.74 Å². The second-order valence-electron chi connectivity index (χ2n) is 4.10. The van der Waals surface area contributed by atoms with Crippen molar-refractivity contribution in [2.45, 2.75) is 25.7 Å². The first kappa shape index (κ1) is 10.1. The predicted molar refractivity (Wildman–Crippen MR) is 57.4 cm³/mol. The summed E-state index contributed by atoms with van der Waals surface area (Å²) < 4.78 is 5.20. The Balaban J connectivity index is 1.81. The summed E-state index contributed by atoms with van der Waals surface area (Å²) in [5, 5.41) is 0. The van der Waals surface area contributed by atoms with E-state index in [-0.39, 0.29) is 5.97 Å². The summed E-state index contributed by atoms with van der Waals surface area (Å²) >= 11 is 0. The third kappa shape index (κ3) is 2.52. The maximum atomic E-state index is 11.5. The average Bonchev–Trinajstić information content (AvgIpc) is 2.84. The molecule has 0 aliphatic heterocycles. The quantitative estimate of drug-likeness (QED) is 0.746. The molecule has 0 bridgehead atoms. The van der Waals surface area contributed by atoms with Crippen LogP contribution >= 0.6 is 0 Å². The molecule has 2 rings (SSSR count). The summed E-state index contributed by atoms with van der Waals surface area (Å²) in [5.41, 5.74) is 6.49. The Labute approximate surface area is 88.8 Å². The highest BCUT2D eigenvalue weighted by Crippen LogP contribution is 2.24. The molecular weight excluding hydrogens is 192 g/mol. The molecule has 0 atom stereocenters. The summed E-state index contributed by atoms with van der Waals surface area (Å²) in [6, 6.07) is 1.59. The number of H-pyrrole nitrogens is 1. The molecule has 0 aromatic carbocycles. The Morgan fingerprint density at radius 3 is 2.87 bits per heavy atom. The van der Waals surface area contributed by atoms with Gasteiger partial charge >= 0.3 is 5.97 Å². The zero-order valence-electron chi connectivity index (χ0n) is 8.66. The van der Waals surface area contributed by atoms with Crippen molar-refractivity contribution in [1.82, 2.24) is 4.98 Å². The first-order valence-corrected chi connectivity index (χ1v) is 5.37. The van der Waals surface area contributed by atoms with E-state index in [1.54, 1.807) is 12.3 Å². The van der Waals surface area contributed by atoms with Gasteiger partial charge in [0.15, 0.2) is 0 Å². The molecule has 4 nitrogen and oxygen atoms in total. The Kier molecular flexibility index (Phi) is 2.94. The molecule has 0 spiro atoms. The minimum atomic E-state index is -0.307. The van der Waals surface area contributed by atoms with E-state index in [1.807, 2.05) is 0 Å². The minimum Gasteiger partial charge on any atom is -0.461 e. The lowest BCUT2D eigenvalue weighted by atomic mass is 10.1. The van der Waals surface area contributed by atoms with Crippen molar-refractivity contribution in [2.75, 3.05) is 12.3 Å². The highest BCUT2D eigenvalue weighted by Gasteiger charge is 2.17. The zero-order valence-corrected chi connectivity index (χ0v) is 8.66. The van der Waals surface area contributed by atoms with E-state index in [2.05, 4.69) is 4.98 Å². The second kappa shape index (κ2) is 4.38. The zero-order chi connectivity index (χ0) is 10.7. The number of nitrogen functional groups attached to an aromatic ring is 1. The maximum absolute atomic E-state index is 11.5. The van der Waals surface area contributed by atoms with Crippen LogP contribution in [0.15, 0.2) is 12.3 Å². The first-order chi connectivity index (χ1) is 7.25. The number of hydrogen-bond donors (Lipinski definition) is 2. The van der Waals surface area contributed by atoms with Crippen molar-refractivity contribution < 1.29 is 9.53 Å². The van der Waals surface area contributed by atoms with Crippen LogP contribution in [0, 0.1) is 5.92 Å². The number of rotatable bonds is 3. The van der Waals surface area contributed by atoms with Crippen LogP contribution in [0.25, 0.3) is 0 Å². The monoisotopic (exact) mass is 208 g/mol. The molecule has 0 saturated heterocycles. The molecule has 82 valence electrons. The lowest BCUT2D eigenvalue weighted by molar-refractivity contribution is 0.0436. The van der Waals surface area contributed by atoms with E-state index in [9.17, 15) is 4.79 Å². The van der Waals surface area contributed by atoms with Crippen molar-refractivity contribution in [3.8, 4) is 0 Å². The second-order valence-corrected chi connectivity index (χ2v) is 4.10. The lowest BCUT2D eigenvalue weighted by Crippen LogP contribution is -2.12. The molecule has 1 aromatic rings. The molecule has 1 aliphatic rings. The van der Waals surface area contributed by atoms with Crippen LogP contribution < -0.4 is 5.73 Å². The van der Waals surface area contributed by atoms with Gasteiger partial charge in [-0.05, 0) is 24.8 Å². The molecule has 1 heterocycles. The minimum absolute atomic E-state index is 0.307. The van der Waals surface area contributed by atoms with E-state index < -0.39 is 0 Å². The Morgan fingerprint density at radius 2 is 2.27 bits per heavy atom. The van der Waals surface area contributed by atoms with Crippen molar-refractivity contribution >= 4 is 11.7 Å². The molecule has 1 fully saturated rings. The topological polar surface area (TPSA) is 68.1 Å². The lowest BCUT2D eigenvalue weighted by Gasteiger charge is -2.08. The Bertz CT molecular complexity index is 340. The van der Waals surface area contributed by atoms with Crippen molar-refractivity contribution in [3.63, 3.8) is 0 Å². The largest absolute Gasteiger partial charge is 0.461 e.